The Morgan fingerprint density at radius 2 is 2.00 bits per heavy atom. The van der Waals surface area contributed by atoms with Gasteiger partial charge in [-0.15, -0.1) is 0 Å². The van der Waals surface area contributed by atoms with E-state index in [2.05, 4.69) is 10.5 Å². The van der Waals surface area contributed by atoms with Crippen molar-refractivity contribution in [2.24, 2.45) is 10.8 Å². The first-order chi connectivity index (χ1) is 9.99. The van der Waals surface area contributed by atoms with Gasteiger partial charge < -0.3 is 10.6 Å². The highest BCUT2D eigenvalue weighted by molar-refractivity contribution is 7.82. The third-order valence-corrected chi connectivity index (χ3v) is 3.79. The predicted octanol–water partition coefficient (Wildman–Crippen LogP) is 2.67. The van der Waals surface area contributed by atoms with E-state index < -0.39 is 0 Å². The molecule has 0 spiro atoms. The van der Waals surface area contributed by atoms with Crippen molar-refractivity contribution in [2.45, 2.75) is 12.8 Å². The van der Waals surface area contributed by atoms with Crippen molar-refractivity contribution < 1.29 is 4.79 Å². The van der Waals surface area contributed by atoms with Crippen LogP contribution in [0.15, 0.2) is 23.3 Å². The van der Waals surface area contributed by atoms with E-state index >= 15 is 0 Å². The molecule has 0 bridgehead atoms. The van der Waals surface area contributed by atoms with Crippen molar-refractivity contribution in [3.8, 4) is 0 Å². The van der Waals surface area contributed by atoms with E-state index in [1.807, 2.05) is 0 Å². The number of likely N-dealkylation sites (tertiary alicyclic amines) is 1. The maximum absolute atomic E-state index is 12.3. The topological polar surface area (TPSA) is 70.7 Å². The molecule has 3 N–H and O–H groups in total. The minimum absolute atomic E-state index is 0.0258. The van der Waals surface area contributed by atoms with Gasteiger partial charge in [-0.3, -0.25) is 10.2 Å². The molecule has 1 saturated heterocycles. The Kier molecular flexibility index (Phi) is 5.39. The summed E-state index contributed by atoms with van der Waals surface area (Å²) in [4.78, 5) is 13.9. The van der Waals surface area contributed by atoms with Gasteiger partial charge in [0.1, 0.15) is 4.99 Å². The van der Waals surface area contributed by atoms with Gasteiger partial charge in [-0.2, -0.15) is 5.10 Å². The predicted molar refractivity (Wildman–Crippen MR) is 90.1 cm³/mol. The zero-order chi connectivity index (χ0) is 15.4. The number of nitrogens with one attached hydrogen (secondary N) is 1. The molecular formula is C13H14Cl2N4OS. The highest BCUT2D eigenvalue weighted by Gasteiger charge is 2.24. The monoisotopic (exact) mass is 344 g/mol. The van der Waals surface area contributed by atoms with Crippen molar-refractivity contribution in [1.29, 1.82) is 0 Å². The second kappa shape index (κ2) is 7.06. The molecule has 1 aromatic carbocycles. The van der Waals surface area contributed by atoms with E-state index in [4.69, 9.17) is 41.2 Å². The summed E-state index contributed by atoms with van der Waals surface area (Å²) in [6, 6.07) is 4.89. The van der Waals surface area contributed by atoms with E-state index in [9.17, 15) is 4.79 Å². The fourth-order valence-corrected chi connectivity index (χ4v) is 2.56. The van der Waals surface area contributed by atoms with Crippen LogP contribution in [0.25, 0.3) is 0 Å². The number of nitrogens with zero attached hydrogens (tertiary/aromatic N) is 2. The molecule has 8 heteroatoms. The van der Waals surface area contributed by atoms with Crippen LogP contribution in [0.4, 0.5) is 5.69 Å². The summed E-state index contributed by atoms with van der Waals surface area (Å²) in [5.41, 5.74) is 8.84. The summed E-state index contributed by atoms with van der Waals surface area (Å²) in [6.45, 7) is 1.39. The molecule has 1 fully saturated rings. The van der Waals surface area contributed by atoms with Gasteiger partial charge in [-0.05, 0) is 31.0 Å². The number of anilines is 1. The largest absolute Gasteiger partial charge is 0.388 e. The molecule has 0 saturated carbocycles. The number of nitrogens with two attached hydrogens (primary N) is 1. The van der Waals surface area contributed by atoms with E-state index in [1.54, 1.807) is 23.1 Å². The molecule has 2 rings (SSSR count). The number of carbonyl (C=O) groups excluding carboxylic acids is 1. The van der Waals surface area contributed by atoms with Gasteiger partial charge in [-0.25, -0.2) is 0 Å². The Bertz CT molecular complexity index is 600. The standard InChI is InChI=1S/C13H14Cl2N4OS/c14-8-3-4-10(9(15)7-8)17-18-11(12(16)21)13(20)19-5-1-2-6-19/h3-4,7,17H,1-2,5-6H2,(H2,16,21)/b18-11+. The van der Waals surface area contributed by atoms with E-state index in [1.165, 1.54) is 0 Å². The lowest BCUT2D eigenvalue weighted by atomic mass is 10.3. The molecule has 0 aromatic heterocycles. The minimum atomic E-state index is -0.266. The van der Waals surface area contributed by atoms with Crippen LogP contribution >= 0.6 is 35.4 Å². The number of amides is 1. The summed E-state index contributed by atoms with van der Waals surface area (Å²) in [5, 5.41) is 4.91. The fraction of sp³-hybridized carbons (Fsp3) is 0.308. The highest BCUT2D eigenvalue weighted by atomic mass is 35.5. The molecule has 0 radical (unpaired) electrons. The number of hydrogen-bond acceptors (Lipinski definition) is 4. The minimum Gasteiger partial charge on any atom is -0.388 e. The molecule has 112 valence electrons. The molecular weight excluding hydrogens is 331 g/mol. The first kappa shape index (κ1) is 16.0. The van der Waals surface area contributed by atoms with Crippen LogP contribution in [0.2, 0.25) is 10.0 Å². The summed E-state index contributed by atoms with van der Waals surface area (Å²) < 4.78 is 0. The van der Waals surface area contributed by atoms with Gasteiger partial charge in [0.05, 0.1) is 10.7 Å². The summed E-state index contributed by atoms with van der Waals surface area (Å²) in [5.74, 6) is -0.266. The fourth-order valence-electron chi connectivity index (χ4n) is 1.97. The summed E-state index contributed by atoms with van der Waals surface area (Å²) >= 11 is 16.7. The second-order valence-corrected chi connectivity index (χ2v) is 5.84. The summed E-state index contributed by atoms with van der Waals surface area (Å²) in [6.07, 6.45) is 1.96. The average Bonchev–Trinajstić information content (AvgIpc) is 2.94. The number of benzene rings is 1. The molecule has 0 unspecified atom stereocenters. The maximum atomic E-state index is 12.3. The smallest absolute Gasteiger partial charge is 0.277 e. The SMILES string of the molecule is NC(=S)/C(=N\Nc1ccc(Cl)cc1Cl)C(=O)N1CCCC1. The lowest BCUT2D eigenvalue weighted by Crippen LogP contribution is -2.40. The average molecular weight is 345 g/mol. The van der Waals surface area contributed by atoms with Crippen LogP contribution in [-0.4, -0.2) is 34.6 Å². The van der Waals surface area contributed by atoms with E-state index in [0.717, 1.165) is 12.8 Å². The first-order valence-electron chi connectivity index (χ1n) is 6.37. The van der Waals surface area contributed by atoms with Crippen molar-refractivity contribution in [3.05, 3.63) is 28.2 Å². The third-order valence-electron chi connectivity index (χ3n) is 3.05. The van der Waals surface area contributed by atoms with Gasteiger partial charge >= 0.3 is 0 Å². The van der Waals surface area contributed by atoms with Crippen LogP contribution in [0.1, 0.15) is 12.8 Å². The molecule has 1 amide bonds. The zero-order valence-electron chi connectivity index (χ0n) is 11.1. The quantitative estimate of drug-likeness (QED) is 0.500. The zero-order valence-corrected chi connectivity index (χ0v) is 13.4. The van der Waals surface area contributed by atoms with Crippen molar-refractivity contribution in [2.75, 3.05) is 18.5 Å². The van der Waals surface area contributed by atoms with Gasteiger partial charge in [0.15, 0.2) is 5.71 Å². The van der Waals surface area contributed by atoms with Gasteiger partial charge in [0.25, 0.3) is 5.91 Å². The Balaban J connectivity index is 2.17. The van der Waals surface area contributed by atoms with Crippen LogP contribution in [-0.2, 0) is 4.79 Å². The van der Waals surface area contributed by atoms with Crippen molar-refractivity contribution in [3.63, 3.8) is 0 Å². The Labute approximate surface area is 138 Å². The summed E-state index contributed by atoms with van der Waals surface area (Å²) in [7, 11) is 0. The number of hydrogen-bond donors (Lipinski definition) is 2. The number of thiocarbonyl (C=S) groups is 1. The molecule has 0 atom stereocenters. The van der Waals surface area contributed by atoms with E-state index in [-0.39, 0.29) is 16.6 Å². The number of carbonyl (C=O) groups is 1. The second-order valence-electron chi connectivity index (χ2n) is 4.56. The molecule has 1 heterocycles. The number of hydrazone groups is 1. The van der Waals surface area contributed by atoms with Crippen molar-refractivity contribution in [1.82, 2.24) is 4.90 Å². The lowest BCUT2D eigenvalue weighted by molar-refractivity contribution is -0.122. The third kappa shape index (κ3) is 4.06. The number of rotatable bonds is 4. The Morgan fingerprint density at radius 1 is 1.33 bits per heavy atom. The molecule has 5 nitrogen and oxygen atoms in total. The Hall–Kier alpha value is -1.37. The molecule has 1 aliphatic heterocycles. The lowest BCUT2D eigenvalue weighted by Gasteiger charge is -2.16. The van der Waals surface area contributed by atoms with Gasteiger partial charge in [0, 0.05) is 18.1 Å². The van der Waals surface area contributed by atoms with Crippen LogP contribution in [0.5, 0.6) is 0 Å². The van der Waals surface area contributed by atoms with Crippen molar-refractivity contribution >= 4 is 57.7 Å². The maximum Gasteiger partial charge on any atom is 0.277 e. The van der Waals surface area contributed by atoms with Crippen LogP contribution in [0.3, 0.4) is 0 Å². The van der Waals surface area contributed by atoms with Gasteiger partial charge in [0.2, 0.25) is 0 Å². The highest BCUT2D eigenvalue weighted by Crippen LogP contribution is 2.25. The van der Waals surface area contributed by atoms with Crippen LogP contribution < -0.4 is 11.2 Å². The molecule has 1 aliphatic rings. The molecule has 1 aromatic rings. The first-order valence-corrected chi connectivity index (χ1v) is 7.53. The molecule has 21 heavy (non-hydrogen) atoms. The van der Waals surface area contributed by atoms with E-state index in [0.29, 0.717) is 28.8 Å². The molecule has 0 aliphatic carbocycles. The Morgan fingerprint density at radius 3 is 2.57 bits per heavy atom. The van der Waals surface area contributed by atoms with Gasteiger partial charge in [-0.1, -0.05) is 35.4 Å². The van der Waals surface area contributed by atoms with Crippen LogP contribution in [0, 0.1) is 0 Å². The normalized spacial score (nSPS) is 15.1. The number of halogens is 2.